The number of aromatic nitrogens is 2. The van der Waals surface area contributed by atoms with Crippen molar-refractivity contribution < 1.29 is 0 Å². The van der Waals surface area contributed by atoms with Crippen molar-refractivity contribution in [2.45, 2.75) is 13.3 Å². The maximum atomic E-state index is 4.50. The maximum Gasteiger partial charge on any atom is 0.118 e. The second-order valence-corrected chi connectivity index (χ2v) is 4.91. The van der Waals surface area contributed by atoms with Gasteiger partial charge in [0.05, 0.1) is 11.7 Å². The molecule has 0 saturated heterocycles. The first-order valence-electron chi connectivity index (χ1n) is 5.28. The molecule has 0 aliphatic rings. The van der Waals surface area contributed by atoms with Crippen LogP contribution in [0.3, 0.4) is 0 Å². The van der Waals surface area contributed by atoms with E-state index in [9.17, 15) is 0 Å². The molecule has 3 heterocycles. The van der Waals surface area contributed by atoms with E-state index in [-0.39, 0.29) is 0 Å². The molecule has 0 radical (unpaired) electrons. The molecule has 0 amide bonds. The van der Waals surface area contributed by atoms with Gasteiger partial charge in [0.15, 0.2) is 0 Å². The quantitative estimate of drug-likeness (QED) is 0.658. The maximum absolute atomic E-state index is 4.50. The third kappa shape index (κ3) is 1.53. The van der Waals surface area contributed by atoms with E-state index in [2.05, 4.69) is 52.2 Å². The number of fused-ring (bicyclic) bond motifs is 1. The lowest BCUT2D eigenvalue weighted by Gasteiger charge is -2.01. The van der Waals surface area contributed by atoms with Gasteiger partial charge in [-0.15, -0.1) is 11.3 Å². The number of hydrogen-bond donors (Lipinski definition) is 0. The Bertz CT molecular complexity index is 608. The highest BCUT2D eigenvalue weighted by molar-refractivity contribution is 7.09. The number of hydrogen-bond acceptors (Lipinski definition) is 2. The van der Waals surface area contributed by atoms with E-state index >= 15 is 0 Å². The second-order valence-electron chi connectivity index (χ2n) is 3.88. The van der Waals surface area contributed by atoms with Gasteiger partial charge in [0.1, 0.15) is 5.82 Å². The van der Waals surface area contributed by atoms with Crippen molar-refractivity contribution in [2.24, 2.45) is 0 Å². The van der Waals surface area contributed by atoms with Crippen molar-refractivity contribution in [1.82, 2.24) is 9.38 Å². The third-order valence-electron chi connectivity index (χ3n) is 2.77. The van der Waals surface area contributed by atoms with Crippen LogP contribution in [-0.2, 0) is 6.42 Å². The van der Waals surface area contributed by atoms with Crippen LogP contribution >= 0.6 is 11.3 Å². The fourth-order valence-electron chi connectivity index (χ4n) is 1.92. The van der Waals surface area contributed by atoms with Crippen LogP contribution in [0.2, 0.25) is 0 Å². The molecule has 0 N–H and O–H groups in total. The van der Waals surface area contributed by atoms with E-state index in [1.807, 2.05) is 6.20 Å². The third-order valence-corrected chi connectivity index (χ3v) is 3.65. The minimum Gasteiger partial charge on any atom is -0.303 e. The molecule has 0 aliphatic heterocycles. The molecule has 0 fully saturated rings. The van der Waals surface area contributed by atoms with E-state index in [4.69, 9.17) is 0 Å². The van der Waals surface area contributed by atoms with Crippen LogP contribution in [-0.4, -0.2) is 9.38 Å². The van der Waals surface area contributed by atoms with Gasteiger partial charge in [-0.25, -0.2) is 4.98 Å². The van der Waals surface area contributed by atoms with Gasteiger partial charge in [-0.3, -0.25) is 0 Å². The van der Waals surface area contributed by atoms with Gasteiger partial charge in [-0.2, -0.15) is 0 Å². The highest BCUT2D eigenvalue weighted by Crippen LogP contribution is 2.17. The summed E-state index contributed by atoms with van der Waals surface area (Å²) in [4.78, 5) is 5.86. The van der Waals surface area contributed by atoms with Crippen LogP contribution in [0.4, 0.5) is 0 Å². The van der Waals surface area contributed by atoms with E-state index in [0.29, 0.717) is 0 Å². The minimum atomic E-state index is 0.912. The number of pyridine rings is 1. The first-order chi connectivity index (χ1) is 7.84. The fraction of sp³-hybridized carbons (Fsp3) is 0.154. The first kappa shape index (κ1) is 9.60. The smallest absolute Gasteiger partial charge is 0.118 e. The number of imidazole rings is 1. The number of rotatable bonds is 2. The van der Waals surface area contributed by atoms with Crippen molar-refractivity contribution in [3.05, 3.63) is 58.3 Å². The van der Waals surface area contributed by atoms with Crippen LogP contribution in [0.25, 0.3) is 5.52 Å². The summed E-state index contributed by atoms with van der Waals surface area (Å²) in [5.41, 5.74) is 2.47. The standard InChI is InChI=1S/C13H12N2S/c1-10-4-2-6-15-12(10)9-14-13(15)8-11-5-3-7-16-11/h2-7,9H,8H2,1H3. The SMILES string of the molecule is Cc1cccn2c(Cc3cccs3)ncc12. The molecule has 0 aromatic carbocycles. The number of thiophene rings is 1. The number of aryl methyl sites for hydroxylation is 1. The lowest BCUT2D eigenvalue weighted by molar-refractivity contribution is 0.971. The molecule has 0 atom stereocenters. The predicted molar refractivity (Wildman–Crippen MR) is 67.1 cm³/mol. The van der Waals surface area contributed by atoms with Gasteiger partial charge < -0.3 is 4.40 Å². The first-order valence-corrected chi connectivity index (χ1v) is 6.16. The molecule has 3 aromatic rings. The van der Waals surface area contributed by atoms with E-state index in [1.165, 1.54) is 16.0 Å². The fourth-order valence-corrected chi connectivity index (χ4v) is 2.62. The zero-order chi connectivity index (χ0) is 11.0. The lowest BCUT2D eigenvalue weighted by Crippen LogP contribution is -1.95. The average Bonchev–Trinajstić information content (AvgIpc) is 2.90. The van der Waals surface area contributed by atoms with E-state index in [1.54, 1.807) is 11.3 Å². The summed E-state index contributed by atoms with van der Waals surface area (Å²) in [5.74, 6) is 1.11. The van der Waals surface area contributed by atoms with E-state index in [0.717, 1.165) is 12.2 Å². The molecule has 0 spiro atoms. The summed E-state index contributed by atoms with van der Waals surface area (Å²) >= 11 is 1.78. The topological polar surface area (TPSA) is 17.3 Å². The zero-order valence-corrected chi connectivity index (χ0v) is 9.87. The Balaban J connectivity index is 2.08. The zero-order valence-electron chi connectivity index (χ0n) is 9.05. The molecule has 3 rings (SSSR count). The van der Waals surface area contributed by atoms with Gasteiger partial charge in [-0.05, 0) is 30.0 Å². The summed E-state index contributed by atoms with van der Waals surface area (Å²) in [6.07, 6.45) is 4.95. The molecular weight excluding hydrogens is 216 g/mol. The summed E-state index contributed by atoms with van der Waals surface area (Å²) in [7, 11) is 0. The molecule has 0 aliphatic carbocycles. The van der Waals surface area contributed by atoms with Gasteiger partial charge in [0.25, 0.3) is 0 Å². The van der Waals surface area contributed by atoms with Crippen LogP contribution < -0.4 is 0 Å². The Morgan fingerprint density at radius 1 is 1.31 bits per heavy atom. The van der Waals surface area contributed by atoms with Gasteiger partial charge in [0, 0.05) is 17.5 Å². The summed E-state index contributed by atoms with van der Waals surface area (Å²) < 4.78 is 2.18. The Morgan fingerprint density at radius 2 is 2.25 bits per heavy atom. The predicted octanol–water partition coefficient (Wildman–Crippen LogP) is 3.30. The van der Waals surface area contributed by atoms with Crippen LogP contribution in [0, 0.1) is 6.92 Å². The molecule has 80 valence electrons. The highest BCUT2D eigenvalue weighted by Gasteiger charge is 2.06. The highest BCUT2D eigenvalue weighted by atomic mass is 32.1. The Morgan fingerprint density at radius 3 is 3.06 bits per heavy atom. The normalized spacial score (nSPS) is 11.1. The van der Waals surface area contributed by atoms with Crippen LogP contribution in [0.15, 0.2) is 42.0 Å². The molecule has 0 bridgehead atoms. The Hall–Kier alpha value is -1.61. The van der Waals surface area contributed by atoms with E-state index < -0.39 is 0 Å². The molecule has 0 saturated carbocycles. The average molecular weight is 228 g/mol. The van der Waals surface area contributed by atoms with Crippen molar-refractivity contribution in [3.8, 4) is 0 Å². The summed E-state index contributed by atoms with van der Waals surface area (Å²) in [6, 6.07) is 8.43. The molecule has 0 unspecified atom stereocenters. The summed E-state index contributed by atoms with van der Waals surface area (Å²) in [5, 5.41) is 2.11. The molecular formula is C13H12N2S. The van der Waals surface area contributed by atoms with Gasteiger partial charge in [-0.1, -0.05) is 12.1 Å². The largest absolute Gasteiger partial charge is 0.303 e. The minimum absolute atomic E-state index is 0.912. The molecule has 3 heteroatoms. The molecule has 16 heavy (non-hydrogen) atoms. The van der Waals surface area contributed by atoms with Gasteiger partial charge in [0.2, 0.25) is 0 Å². The Kier molecular flexibility index (Phi) is 2.26. The van der Waals surface area contributed by atoms with Crippen LogP contribution in [0.1, 0.15) is 16.3 Å². The molecule has 3 aromatic heterocycles. The lowest BCUT2D eigenvalue weighted by atomic mass is 10.2. The second kappa shape index (κ2) is 3.76. The van der Waals surface area contributed by atoms with Crippen molar-refractivity contribution >= 4 is 16.9 Å². The van der Waals surface area contributed by atoms with Crippen molar-refractivity contribution in [3.63, 3.8) is 0 Å². The van der Waals surface area contributed by atoms with Crippen LogP contribution in [0.5, 0.6) is 0 Å². The van der Waals surface area contributed by atoms with Crippen molar-refractivity contribution in [1.29, 1.82) is 0 Å². The number of nitrogens with zero attached hydrogens (tertiary/aromatic N) is 2. The van der Waals surface area contributed by atoms with Crippen molar-refractivity contribution in [2.75, 3.05) is 0 Å². The Labute approximate surface area is 98.2 Å². The molecule has 2 nitrogen and oxygen atoms in total. The summed E-state index contributed by atoms with van der Waals surface area (Å²) in [6.45, 7) is 2.12. The van der Waals surface area contributed by atoms with Gasteiger partial charge >= 0.3 is 0 Å². The monoisotopic (exact) mass is 228 g/mol.